The fourth-order valence-electron chi connectivity index (χ4n) is 4.14. The first-order valence-electron chi connectivity index (χ1n) is 13.2. The van der Waals surface area contributed by atoms with Crippen molar-refractivity contribution >= 4 is 39.1 Å². The topological polar surface area (TPSA) is 105 Å². The molecule has 0 heterocycles. The number of ether oxygens (including phenoxy) is 2. The van der Waals surface area contributed by atoms with E-state index in [2.05, 4.69) is 5.32 Å². The molecule has 3 rings (SSSR count). The molecule has 11 heteroatoms. The molecule has 2 amide bonds. The number of sulfonamides is 1. The van der Waals surface area contributed by atoms with E-state index < -0.39 is 28.5 Å². The van der Waals surface area contributed by atoms with Gasteiger partial charge in [-0.1, -0.05) is 55.3 Å². The van der Waals surface area contributed by atoms with E-state index in [1.54, 1.807) is 62.6 Å². The second-order valence-electron chi connectivity index (χ2n) is 9.33. The first kappa shape index (κ1) is 31.8. The summed E-state index contributed by atoms with van der Waals surface area (Å²) >= 11 is 6.26. The maximum absolute atomic E-state index is 14.0. The lowest BCUT2D eigenvalue weighted by atomic mass is 10.1. The Morgan fingerprint density at radius 2 is 1.66 bits per heavy atom. The highest BCUT2D eigenvalue weighted by atomic mass is 35.5. The second-order valence-corrected chi connectivity index (χ2v) is 11.6. The number of hydrogen-bond donors (Lipinski definition) is 1. The highest BCUT2D eigenvalue weighted by Gasteiger charge is 2.34. The Labute approximate surface area is 247 Å². The number of benzene rings is 3. The number of methoxy groups -OCH3 is 2. The highest BCUT2D eigenvalue weighted by molar-refractivity contribution is 7.92. The zero-order valence-electron chi connectivity index (χ0n) is 23.7. The summed E-state index contributed by atoms with van der Waals surface area (Å²) in [6.45, 7) is 3.58. The first-order valence-corrected chi connectivity index (χ1v) is 15.1. The lowest BCUT2D eigenvalue weighted by molar-refractivity contribution is -0.139. The van der Waals surface area contributed by atoms with Crippen LogP contribution in [0.1, 0.15) is 32.3 Å². The standard InChI is InChI=1S/C30H36ClN3O6S/c1-5-6-18-32-30(36)22(2)33(20-23-12-15-25(39-3)16-13-23)29(35)21-34(27-19-24(31)14-17-28(27)40-4)41(37,38)26-10-8-7-9-11-26/h7-17,19,22H,5-6,18,20-21H2,1-4H3,(H,32,36)/t22-/m1/s1. The smallest absolute Gasteiger partial charge is 0.264 e. The molecule has 0 spiro atoms. The van der Waals surface area contributed by atoms with Crippen molar-refractivity contribution in [2.75, 3.05) is 31.6 Å². The van der Waals surface area contributed by atoms with Crippen LogP contribution >= 0.6 is 11.6 Å². The van der Waals surface area contributed by atoms with Crippen LogP contribution in [0.25, 0.3) is 0 Å². The predicted molar refractivity (Wildman–Crippen MR) is 160 cm³/mol. The van der Waals surface area contributed by atoms with E-state index in [-0.39, 0.29) is 33.8 Å². The molecule has 0 bridgehead atoms. The molecule has 0 aliphatic heterocycles. The first-order chi connectivity index (χ1) is 19.6. The lowest BCUT2D eigenvalue weighted by Gasteiger charge is -2.32. The minimum atomic E-state index is -4.25. The molecular formula is C30H36ClN3O6S. The van der Waals surface area contributed by atoms with Crippen LogP contribution in [-0.4, -0.2) is 58.5 Å². The zero-order valence-corrected chi connectivity index (χ0v) is 25.2. The summed E-state index contributed by atoms with van der Waals surface area (Å²) in [5.74, 6) is -0.0578. The third kappa shape index (κ3) is 8.14. The summed E-state index contributed by atoms with van der Waals surface area (Å²) in [6, 6.07) is 18.5. The molecule has 1 atom stereocenters. The van der Waals surface area contributed by atoms with Crippen LogP contribution in [0.15, 0.2) is 77.7 Å². The second kappa shape index (κ2) is 14.7. The summed E-state index contributed by atoms with van der Waals surface area (Å²) in [7, 11) is -1.29. The third-order valence-electron chi connectivity index (χ3n) is 6.53. The number of halogens is 1. The highest BCUT2D eigenvalue weighted by Crippen LogP contribution is 2.35. The van der Waals surface area contributed by atoms with Crippen LogP contribution in [0.5, 0.6) is 11.5 Å². The largest absolute Gasteiger partial charge is 0.497 e. The molecule has 0 aromatic heterocycles. The van der Waals surface area contributed by atoms with Gasteiger partial charge < -0.3 is 19.7 Å². The van der Waals surface area contributed by atoms with Crippen molar-refractivity contribution in [3.8, 4) is 11.5 Å². The van der Waals surface area contributed by atoms with Crippen molar-refractivity contribution < 1.29 is 27.5 Å². The number of nitrogens with zero attached hydrogens (tertiary/aromatic N) is 2. The molecule has 0 aliphatic rings. The van der Waals surface area contributed by atoms with Gasteiger partial charge in [0.15, 0.2) is 0 Å². The van der Waals surface area contributed by atoms with Gasteiger partial charge in [-0.25, -0.2) is 8.42 Å². The van der Waals surface area contributed by atoms with Crippen molar-refractivity contribution in [2.45, 2.75) is 44.2 Å². The van der Waals surface area contributed by atoms with Crippen molar-refractivity contribution in [3.05, 3.63) is 83.4 Å². The Balaban J connectivity index is 2.05. The average molecular weight is 602 g/mol. The minimum absolute atomic E-state index is 0.0121. The number of nitrogens with one attached hydrogen (secondary N) is 1. The summed E-state index contributed by atoms with van der Waals surface area (Å²) in [6.07, 6.45) is 1.69. The van der Waals surface area contributed by atoms with Gasteiger partial charge in [-0.2, -0.15) is 0 Å². The van der Waals surface area contributed by atoms with Gasteiger partial charge in [0.2, 0.25) is 11.8 Å². The molecular weight excluding hydrogens is 566 g/mol. The molecule has 0 unspecified atom stereocenters. The molecule has 3 aromatic carbocycles. The van der Waals surface area contributed by atoms with Crippen LogP contribution in [-0.2, 0) is 26.2 Å². The minimum Gasteiger partial charge on any atom is -0.497 e. The maximum Gasteiger partial charge on any atom is 0.264 e. The summed E-state index contributed by atoms with van der Waals surface area (Å²) in [5.41, 5.74) is 0.840. The average Bonchev–Trinajstić information content (AvgIpc) is 2.98. The van der Waals surface area contributed by atoms with Crippen molar-refractivity contribution in [2.24, 2.45) is 0 Å². The number of carbonyl (C=O) groups is 2. The molecule has 0 saturated heterocycles. The van der Waals surface area contributed by atoms with Crippen molar-refractivity contribution in [1.82, 2.24) is 10.2 Å². The fourth-order valence-corrected chi connectivity index (χ4v) is 5.74. The molecule has 3 aromatic rings. The van der Waals surface area contributed by atoms with Gasteiger partial charge in [-0.15, -0.1) is 0 Å². The number of rotatable bonds is 14. The van der Waals surface area contributed by atoms with Gasteiger partial charge in [0.25, 0.3) is 10.0 Å². The van der Waals surface area contributed by atoms with Crippen LogP contribution in [0.2, 0.25) is 5.02 Å². The normalized spacial score (nSPS) is 11.8. The number of unbranched alkanes of at least 4 members (excludes halogenated alkanes) is 1. The summed E-state index contributed by atoms with van der Waals surface area (Å²) < 4.78 is 39.5. The predicted octanol–water partition coefficient (Wildman–Crippen LogP) is 4.89. The third-order valence-corrected chi connectivity index (χ3v) is 8.54. The van der Waals surface area contributed by atoms with E-state index in [0.29, 0.717) is 12.3 Å². The Hall–Kier alpha value is -3.76. The molecule has 1 N–H and O–H groups in total. The maximum atomic E-state index is 14.0. The molecule has 41 heavy (non-hydrogen) atoms. The lowest BCUT2D eigenvalue weighted by Crippen LogP contribution is -2.51. The Bertz CT molecular complexity index is 1420. The van der Waals surface area contributed by atoms with Crippen LogP contribution < -0.4 is 19.1 Å². The van der Waals surface area contributed by atoms with E-state index in [9.17, 15) is 18.0 Å². The Morgan fingerprint density at radius 3 is 2.27 bits per heavy atom. The Kier molecular flexibility index (Phi) is 11.4. The van der Waals surface area contributed by atoms with Gasteiger partial charge in [0.05, 0.1) is 24.8 Å². The molecule has 0 fully saturated rings. The van der Waals surface area contributed by atoms with E-state index >= 15 is 0 Å². The molecule has 0 radical (unpaired) electrons. The monoisotopic (exact) mass is 601 g/mol. The molecule has 220 valence electrons. The fraction of sp³-hybridized carbons (Fsp3) is 0.333. The molecule has 0 aliphatic carbocycles. The SMILES string of the molecule is CCCCNC(=O)[C@@H](C)N(Cc1ccc(OC)cc1)C(=O)CN(c1cc(Cl)ccc1OC)S(=O)(=O)c1ccccc1. The van der Waals surface area contributed by atoms with Crippen molar-refractivity contribution in [1.29, 1.82) is 0 Å². The van der Waals surface area contributed by atoms with Crippen LogP contribution in [0.3, 0.4) is 0 Å². The van der Waals surface area contributed by atoms with Gasteiger partial charge in [0.1, 0.15) is 24.1 Å². The number of anilines is 1. The van der Waals surface area contributed by atoms with Gasteiger partial charge >= 0.3 is 0 Å². The van der Waals surface area contributed by atoms with Gasteiger partial charge in [-0.3, -0.25) is 13.9 Å². The van der Waals surface area contributed by atoms with Gasteiger partial charge in [-0.05, 0) is 61.4 Å². The van der Waals surface area contributed by atoms with Crippen LogP contribution in [0, 0.1) is 0 Å². The van der Waals surface area contributed by atoms with E-state index in [1.807, 2.05) is 6.92 Å². The zero-order chi connectivity index (χ0) is 30.0. The molecule has 9 nitrogen and oxygen atoms in total. The Morgan fingerprint density at radius 1 is 0.976 bits per heavy atom. The van der Waals surface area contributed by atoms with E-state index in [1.165, 1.54) is 36.3 Å². The van der Waals surface area contributed by atoms with E-state index in [4.69, 9.17) is 21.1 Å². The number of amides is 2. The summed E-state index contributed by atoms with van der Waals surface area (Å²) in [5, 5.41) is 3.13. The van der Waals surface area contributed by atoms with Gasteiger partial charge in [0, 0.05) is 18.1 Å². The number of carbonyl (C=O) groups excluding carboxylic acids is 2. The van der Waals surface area contributed by atoms with Crippen LogP contribution in [0.4, 0.5) is 5.69 Å². The molecule has 0 saturated carbocycles. The summed E-state index contributed by atoms with van der Waals surface area (Å²) in [4.78, 5) is 28.5. The van der Waals surface area contributed by atoms with Crippen molar-refractivity contribution in [3.63, 3.8) is 0 Å². The quantitative estimate of drug-likeness (QED) is 0.264. The van der Waals surface area contributed by atoms with E-state index in [0.717, 1.165) is 22.7 Å². The number of hydrogen-bond acceptors (Lipinski definition) is 6.